The number of esters is 1. The molecule has 2 heterocycles. The number of aryl methyl sites for hydroxylation is 1. The van der Waals surface area contributed by atoms with Crippen LogP contribution in [0, 0.1) is 6.92 Å². The highest BCUT2D eigenvalue weighted by atomic mass is 16.5. The monoisotopic (exact) mass is 349 g/mol. The summed E-state index contributed by atoms with van der Waals surface area (Å²) in [5.74, 6) is 0.0672. The van der Waals surface area contributed by atoms with E-state index in [1.807, 2.05) is 55.5 Å². The minimum absolute atomic E-state index is 0.0354. The molecular formula is C21H19NO4. The van der Waals surface area contributed by atoms with Gasteiger partial charge in [-0.25, -0.2) is 4.79 Å². The maximum atomic E-state index is 12.9. The highest BCUT2D eigenvalue weighted by Gasteiger charge is 2.42. The maximum absolute atomic E-state index is 12.9. The summed E-state index contributed by atoms with van der Waals surface area (Å²) in [6, 6.07) is 15.2. The lowest BCUT2D eigenvalue weighted by atomic mass is 9.84. The molecule has 0 spiro atoms. The zero-order chi connectivity index (χ0) is 18.3. The molecule has 0 aromatic heterocycles. The Morgan fingerprint density at radius 1 is 1.04 bits per heavy atom. The molecular weight excluding hydrogens is 330 g/mol. The second-order valence-electron chi connectivity index (χ2n) is 6.53. The van der Waals surface area contributed by atoms with E-state index in [1.54, 1.807) is 12.0 Å². The van der Waals surface area contributed by atoms with Crippen LogP contribution in [0.5, 0.6) is 5.75 Å². The molecule has 1 atom stereocenters. The van der Waals surface area contributed by atoms with Crippen LogP contribution in [-0.2, 0) is 14.3 Å². The zero-order valence-corrected chi connectivity index (χ0v) is 14.7. The van der Waals surface area contributed by atoms with Gasteiger partial charge in [0, 0.05) is 18.0 Å². The minimum Gasteiger partial charge on any atom is -0.497 e. The van der Waals surface area contributed by atoms with E-state index < -0.39 is 0 Å². The third-order valence-electron chi connectivity index (χ3n) is 4.93. The SMILES string of the molecule is COc1ccc([C@H]2CC(=O)N(c3ccc(C)cc3)C3=C2C(=O)OC3)cc1. The maximum Gasteiger partial charge on any atom is 0.336 e. The van der Waals surface area contributed by atoms with E-state index in [9.17, 15) is 9.59 Å². The number of carbonyl (C=O) groups excluding carboxylic acids is 2. The van der Waals surface area contributed by atoms with Gasteiger partial charge in [0.25, 0.3) is 0 Å². The normalized spacial score (nSPS) is 19.5. The molecule has 5 heteroatoms. The largest absolute Gasteiger partial charge is 0.497 e. The van der Waals surface area contributed by atoms with Crippen molar-refractivity contribution in [1.29, 1.82) is 0 Å². The summed E-state index contributed by atoms with van der Waals surface area (Å²) < 4.78 is 10.5. The third-order valence-corrected chi connectivity index (χ3v) is 4.93. The van der Waals surface area contributed by atoms with Crippen molar-refractivity contribution in [3.63, 3.8) is 0 Å². The van der Waals surface area contributed by atoms with E-state index in [-0.39, 0.29) is 30.8 Å². The number of cyclic esters (lactones) is 1. The number of anilines is 1. The number of ether oxygens (including phenoxy) is 2. The molecule has 0 bridgehead atoms. The van der Waals surface area contributed by atoms with E-state index >= 15 is 0 Å². The first-order valence-electron chi connectivity index (χ1n) is 8.52. The Balaban J connectivity index is 1.78. The topological polar surface area (TPSA) is 55.8 Å². The van der Waals surface area contributed by atoms with Crippen molar-refractivity contribution >= 4 is 17.6 Å². The highest BCUT2D eigenvalue weighted by molar-refractivity contribution is 6.06. The van der Waals surface area contributed by atoms with Crippen molar-refractivity contribution in [3.8, 4) is 5.75 Å². The van der Waals surface area contributed by atoms with Crippen molar-refractivity contribution in [2.24, 2.45) is 0 Å². The first kappa shape index (κ1) is 16.4. The van der Waals surface area contributed by atoms with Crippen LogP contribution < -0.4 is 9.64 Å². The summed E-state index contributed by atoms with van der Waals surface area (Å²) in [5, 5.41) is 0. The Hall–Kier alpha value is -3.08. The average Bonchev–Trinajstić information content (AvgIpc) is 3.04. The molecule has 0 saturated heterocycles. The standard InChI is InChI=1S/C21H19NO4/c1-13-3-7-15(8-4-13)22-18-12-26-21(24)20(18)17(11-19(22)23)14-5-9-16(25-2)10-6-14/h3-10,17H,11-12H2,1-2H3/t17-/m1/s1. The lowest BCUT2D eigenvalue weighted by Crippen LogP contribution is -2.37. The van der Waals surface area contributed by atoms with Gasteiger partial charge < -0.3 is 9.47 Å². The second-order valence-corrected chi connectivity index (χ2v) is 6.53. The molecule has 4 rings (SSSR count). The molecule has 5 nitrogen and oxygen atoms in total. The lowest BCUT2D eigenvalue weighted by Gasteiger charge is -2.32. The van der Waals surface area contributed by atoms with E-state index in [0.29, 0.717) is 11.3 Å². The molecule has 132 valence electrons. The highest BCUT2D eigenvalue weighted by Crippen LogP contribution is 2.42. The smallest absolute Gasteiger partial charge is 0.336 e. The van der Waals surface area contributed by atoms with Crippen LogP contribution in [0.15, 0.2) is 59.8 Å². The van der Waals surface area contributed by atoms with Gasteiger partial charge in [-0.2, -0.15) is 0 Å². The Morgan fingerprint density at radius 3 is 2.38 bits per heavy atom. The molecule has 0 radical (unpaired) electrons. The van der Waals surface area contributed by atoms with Crippen LogP contribution in [-0.4, -0.2) is 25.6 Å². The molecule has 0 fully saturated rings. The summed E-state index contributed by atoms with van der Waals surface area (Å²) in [5.41, 5.74) is 4.02. The van der Waals surface area contributed by atoms with Crippen LogP contribution in [0.3, 0.4) is 0 Å². The summed E-state index contributed by atoms with van der Waals surface area (Å²) in [6.07, 6.45) is 0.230. The van der Waals surface area contributed by atoms with Gasteiger partial charge in [0.1, 0.15) is 12.4 Å². The Labute approximate surface area is 151 Å². The molecule has 1 amide bonds. The number of nitrogens with zero attached hydrogens (tertiary/aromatic N) is 1. The predicted molar refractivity (Wildman–Crippen MR) is 97.0 cm³/mol. The Kier molecular flexibility index (Phi) is 3.99. The van der Waals surface area contributed by atoms with E-state index in [2.05, 4.69) is 0 Å². The van der Waals surface area contributed by atoms with Gasteiger partial charge in [-0.1, -0.05) is 29.8 Å². The van der Waals surface area contributed by atoms with Crippen LogP contribution >= 0.6 is 0 Å². The lowest BCUT2D eigenvalue weighted by molar-refractivity contribution is -0.136. The first-order chi connectivity index (χ1) is 12.6. The molecule has 26 heavy (non-hydrogen) atoms. The molecule has 0 N–H and O–H groups in total. The van der Waals surface area contributed by atoms with Gasteiger partial charge in [-0.05, 0) is 36.8 Å². The number of benzene rings is 2. The number of amides is 1. The second kappa shape index (κ2) is 6.33. The van der Waals surface area contributed by atoms with Crippen LogP contribution in [0.1, 0.15) is 23.5 Å². The number of methoxy groups -OCH3 is 1. The van der Waals surface area contributed by atoms with E-state index in [1.165, 1.54) is 0 Å². The molecule has 0 aliphatic carbocycles. The number of hydrogen-bond donors (Lipinski definition) is 0. The van der Waals surface area contributed by atoms with Gasteiger partial charge in [0.15, 0.2) is 0 Å². The molecule has 2 aliphatic rings. The van der Waals surface area contributed by atoms with Gasteiger partial charge in [-0.15, -0.1) is 0 Å². The number of hydrogen-bond acceptors (Lipinski definition) is 4. The molecule has 0 unspecified atom stereocenters. The van der Waals surface area contributed by atoms with Crippen molar-refractivity contribution in [1.82, 2.24) is 0 Å². The van der Waals surface area contributed by atoms with Crippen LogP contribution in [0.25, 0.3) is 0 Å². The van der Waals surface area contributed by atoms with Gasteiger partial charge >= 0.3 is 5.97 Å². The fourth-order valence-corrected chi connectivity index (χ4v) is 3.57. The fourth-order valence-electron chi connectivity index (χ4n) is 3.57. The summed E-state index contributed by atoms with van der Waals surface area (Å²) in [6.45, 7) is 2.12. The fraction of sp³-hybridized carbons (Fsp3) is 0.238. The number of carbonyl (C=O) groups is 2. The van der Waals surface area contributed by atoms with Gasteiger partial charge in [0.2, 0.25) is 5.91 Å². The van der Waals surface area contributed by atoms with Crippen molar-refractivity contribution in [3.05, 3.63) is 70.9 Å². The predicted octanol–water partition coefficient (Wildman–Crippen LogP) is 3.34. The van der Waals surface area contributed by atoms with Crippen molar-refractivity contribution in [2.75, 3.05) is 18.6 Å². The number of rotatable bonds is 3. The summed E-state index contributed by atoms with van der Waals surface area (Å²) in [7, 11) is 1.60. The summed E-state index contributed by atoms with van der Waals surface area (Å²) in [4.78, 5) is 27.0. The summed E-state index contributed by atoms with van der Waals surface area (Å²) >= 11 is 0. The van der Waals surface area contributed by atoms with E-state index in [4.69, 9.17) is 9.47 Å². The van der Waals surface area contributed by atoms with Crippen molar-refractivity contribution < 1.29 is 19.1 Å². The van der Waals surface area contributed by atoms with Gasteiger partial charge in [-0.3, -0.25) is 9.69 Å². The van der Waals surface area contributed by atoms with E-state index in [0.717, 1.165) is 22.6 Å². The minimum atomic E-state index is -0.342. The quantitative estimate of drug-likeness (QED) is 0.798. The first-order valence-corrected chi connectivity index (χ1v) is 8.52. The van der Waals surface area contributed by atoms with Crippen LogP contribution in [0.4, 0.5) is 5.69 Å². The Bertz CT molecular complexity index is 897. The average molecular weight is 349 g/mol. The van der Waals surface area contributed by atoms with Gasteiger partial charge in [0.05, 0.1) is 18.4 Å². The molecule has 2 aromatic carbocycles. The molecule has 0 saturated carbocycles. The Morgan fingerprint density at radius 2 is 1.73 bits per heavy atom. The molecule has 2 aromatic rings. The van der Waals surface area contributed by atoms with Crippen molar-refractivity contribution in [2.45, 2.75) is 19.3 Å². The molecule has 2 aliphatic heterocycles. The third kappa shape index (κ3) is 2.65. The van der Waals surface area contributed by atoms with Crippen LogP contribution in [0.2, 0.25) is 0 Å². The zero-order valence-electron chi connectivity index (χ0n) is 14.7.